The summed E-state index contributed by atoms with van der Waals surface area (Å²) in [5.74, 6) is 6.86. The van der Waals surface area contributed by atoms with Crippen LogP contribution in [0.4, 0.5) is 4.79 Å². The zero-order chi connectivity index (χ0) is 26.3. The van der Waals surface area contributed by atoms with Gasteiger partial charge in [-0.1, -0.05) is 76.1 Å². The number of carbonyl (C=O) groups excluding carboxylic acids is 2. The molecule has 3 fully saturated rings. The molecule has 1 unspecified atom stereocenters. The van der Waals surface area contributed by atoms with E-state index in [0.717, 1.165) is 36.8 Å². The van der Waals surface area contributed by atoms with Crippen molar-refractivity contribution in [2.75, 3.05) is 6.54 Å². The monoisotopic (exact) mass is 507 g/mol. The van der Waals surface area contributed by atoms with E-state index in [-0.39, 0.29) is 18.0 Å². The van der Waals surface area contributed by atoms with Crippen LogP contribution < -0.4 is 16.5 Å². The predicted octanol–water partition coefficient (Wildman–Crippen LogP) is 3.95. The smallest absolute Gasteiger partial charge is 0.318 e. The molecule has 0 radical (unpaired) electrons. The van der Waals surface area contributed by atoms with Crippen molar-refractivity contribution in [2.45, 2.75) is 102 Å². The molecule has 3 amide bonds. The Bertz CT molecular complexity index is 1010. The van der Waals surface area contributed by atoms with E-state index in [1.54, 1.807) is 9.80 Å². The van der Waals surface area contributed by atoms with Gasteiger partial charge in [0.1, 0.15) is 5.54 Å². The predicted molar refractivity (Wildman–Crippen MR) is 143 cm³/mol. The van der Waals surface area contributed by atoms with Crippen LogP contribution in [0.25, 0.3) is 0 Å². The van der Waals surface area contributed by atoms with E-state index in [1.807, 2.05) is 24.3 Å². The van der Waals surface area contributed by atoms with Crippen molar-refractivity contribution >= 4 is 17.9 Å². The summed E-state index contributed by atoms with van der Waals surface area (Å²) >= 11 is 0. The molecule has 2 saturated heterocycles. The molecule has 0 spiro atoms. The van der Waals surface area contributed by atoms with Gasteiger partial charge in [0.2, 0.25) is 5.96 Å². The van der Waals surface area contributed by atoms with E-state index >= 15 is 0 Å². The van der Waals surface area contributed by atoms with Crippen LogP contribution in [0.2, 0.25) is 0 Å². The van der Waals surface area contributed by atoms with Crippen LogP contribution in [0.3, 0.4) is 0 Å². The standard InChI is InChI=1S/C28H41N7O2/c1-2-3-15-28(17-21-8-5-4-6-9-21)25(36)35(26(32-28)33-30)19-23-13-11-22(12-14-23)18-34-20-24(10-7-16-29)31-27(34)37/h11-14,21,24H,2-10,15,17-20,30H2,1H3,(H,31,37)(H,32,33)/t24-,28?/m0/s1. The molecule has 4 rings (SSSR count). The summed E-state index contributed by atoms with van der Waals surface area (Å²) in [6.07, 6.45) is 10.9. The molecule has 2 atom stereocenters. The molecule has 2 aliphatic heterocycles. The molecule has 1 aliphatic carbocycles. The van der Waals surface area contributed by atoms with Gasteiger partial charge in [-0.25, -0.2) is 4.79 Å². The number of benzene rings is 1. The number of guanidine groups is 1. The lowest BCUT2D eigenvalue weighted by molar-refractivity contribution is -0.132. The Kier molecular flexibility index (Phi) is 8.91. The van der Waals surface area contributed by atoms with Crippen molar-refractivity contribution < 1.29 is 9.59 Å². The number of hydrogen-bond acceptors (Lipinski definition) is 5. The second-order valence-corrected chi connectivity index (χ2v) is 10.9. The fourth-order valence-corrected chi connectivity index (χ4v) is 6.06. The minimum Gasteiger partial charge on any atom is -0.340 e. The van der Waals surface area contributed by atoms with Gasteiger partial charge in [0.05, 0.1) is 12.6 Å². The third-order valence-electron chi connectivity index (χ3n) is 8.10. The molecule has 9 heteroatoms. The van der Waals surface area contributed by atoms with E-state index < -0.39 is 5.54 Å². The first-order valence-electron chi connectivity index (χ1n) is 13.9. The van der Waals surface area contributed by atoms with E-state index in [9.17, 15) is 9.59 Å². The zero-order valence-corrected chi connectivity index (χ0v) is 22.0. The molecule has 200 valence electrons. The highest BCUT2D eigenvalue weighted by atomic mass is 16.2. The molecule has 2 heterocycles. The van der Waals surface area contributed by atoms with Crippen molar-refractivity contribution in [3.05, 3.63) is 35.4 Å². The third-order valence-corrected chi connectivity index (χ3v) is 8.10. The van der Waals surface area contributed by atoms with Crippen molar-refractivity contribution in [3.63, 3.8) is 0 Å². The molecular weight excluding hydrogens is 466 g/mol. The van der Waals surface area contributed by atoms with Crippen LogP contribution in [0.5, 0.6) is 0 Å². The lowest BCUT2D eigenvalue weighted by Gasteiger charge is -2.33. The number of rotatable bonds is 11. The van der Waals surface area contributed by atoms with E-state index in [4.69, 9.17) is 11.1 Å². The third kappa shape index (κ3) is 6.35. The lowest BCUT2D eigenvalue weighted by atomic mass is 9.77. The van der Waals surface area contributed by atoms with Crippen LogP contribution >= 0.6 is 0 Å². The Labute approximate surface area is 220 Å². The maximum Gasteiger partial charge on any atom is 0.318 e. The van der Waals surface area contributed by atoms with Gasteiger partial charge < -0.3 is 21.4 Å². The molecule has 0 aromatic heterocycles. The number of amides is 3. The average Bonchev–Trinajstić information content (AvgIpc) is 3.39. The second-order valence-electron chi connectivity index (χ2n) is 10.9. The Morgan fingerprint density at radius 1 is 1.14 bits per heavy atom. The summed E-state index contributed by atoms with van der Waals surface area (Å²) in [6, 6.07) is 10.1. The first-order valence-corrected chi connectivity index (χ1v) is 13.9. The van der Waals surface area contributed by atoms with Gasteiger partial charge in [-0.2, -0.15) is 5.26 Å². The van der Waals surface area contributed by atoms with Gasteiger partial charge in [-0.15, -0.1) is 5.10 Å². The number of carbonyl (C=O) groups is 2. The minimum atomic E-state index is -0.624. The van der Waals surface area contributed by atoms with Gasteiger partial charge in [0, 0.05) is 25.6 Å². The van der Waals surface area contributed by atoms with Crippen LogP contribution in [0, 0.1) is 17.2 Å². The molecule has 1 saturated carbocycles. The highest BCUT2D eigenvalue weighted by Gasteiger charge is 2.50. The topological polar surface area (TPSA) is 127 Å². The Hall–Kier alpha value is -3.28. The normalized spacial score (nSPS) is 25.4. The number of nitrogens with one attached hydrogen (secondary N) is 2. The molecule has 3 aliphatic rings. The molecule has 0 bridgehead atoms. The number of unbranched alkanes of at least 4 members (excludes halogenated alkanes) is 1. The summed E-state index contributed by atoms with van der Waals surface area (Å²) in [6.45, 7) is 3.67. The van der Waals surface area contributed by atoms with Crippen molar-refractivity contribution in [1.82, 2.24) is 20.4 Å². The fourth-order valence-electron chi connectivity index (χ4n) is 6.06. The van der Waals surface area contributed by atoms with Gasteiger partial charge >= 0.3 is 6.03 Å². The minimum absolute atomic E-state index is 0.0238. The average molecular weight is 508 g/mol. The summed E-state index contributed by atoms with van der Waals surface area (Å²) in [5.41, 5.74) is 1.39. The van der Waals surface area contributed by atoms with Crippen molar-refractivity contribution in [2.24, 2.45) is 16.9 Å². The molecule has 9 nitrogen and oxygen atoms in total. The number of hydrazone groups is 1. The maximum atomic E-state index is 13.9. The highest BCUT2D eigenvalue weighted by molar-refractivity contribution is 6.08. The maximum absolute atomic E-state index is 13.9. The van der Waals surface area contributed by atoms with Crippen LogP contribution in [-0.4, -0.2) is 45.8 Å². The van der Waals surface area contributed by atoms with E-state index in [2.05, 4.69) is 28.7 Å². The van der Waals surface area contributed by atoms with Gasteiger partial charge in [-0.05, 0) is 36.3 Å². The number of hydrogen-bond donors (Lipinski definition) is 3. The Morgan fingerprint density at radius 2 is 1.84 bits per heavy atom. The summed E-state index contributed by atoms with van der Waals surface area (Å²) in [7, 11) is 0. The van der Waals surface area contributed by atoms with Crippen LogP contribution in [0.1, 0.15) is 88.7 Å². The second kappa shape index (κ2) is 12.3. The molecule has 37 heavy (non-hydrogen) atoms. The van der Waals surface area contributed by atoms with Crippen LogP contribution in [0.15, 0.2) is 29.4 Å². The number of nitrogens with two attached hydrogens (primary N) is 1. The molecular formula is C28H41N7O2. The highest BCUT2D eigenvalue weighted by Crippen LogP contribution is 2.37. The fraction of sp³-hybridized carbons (Fsp3) is 0.643. The van der Waals surface area contributed by atoms with Crippen LogP contribution in [-0.2, 0) is 17.9 Å². The summed E-state index contributed by atoms with van der Waals surface area (Å²) in [5, 5.41) is 19.2. The largest absolute Gasteiger partial charge is 0.340 e. The number of urea groups is 1. The Morgan fingerprint density at radius 3 is 2.49 bits per heavy atom. The lowest BCUT2D eigenvalue weighted by Crippen LogP contribution is -2.48. The quantitative estimate of drug-likeness (QED) is 0.309. The summed E-state index contributed by atoms with van der Waals surface area (Å²) < 4.78 is 0. The summed E-state index contributed by atoms with van der Waals surface area (Å²) in [4.78, 5) is 29.6. The van der Waals surface area contributed by atoms with Crippen molar-refractivity contribution in [1.29, 1.82) is 5.26 Å². The first kappa shape index (κ1) is 26.8. The zero-order valence-electron chi connectivity index (χ0n) is 22.0. The van der Waals surface area contributed by atoms with Gasteiger partial charge in [-0.3, -0.25) is 9.69 Å². The van der Waals surface area contributed by atoms with Crippen molar-refractivity contribution in [3.8, 4) is 6.07 Å². The SMILES string of the molecule is CCCCC1(CC2CCCCC2)NC(=NN)N(Cc2ccc(CN3C[C@H](CCC#N)NC3=O)cc2)C1=O. The Balaban J connectivity index is 1.41. The number of nitriles is 1. The number of nitrogens with zero attached hydrogens (tertiary/aromatic N) is 4. The van der Waals surface area contributed by atoms with Gasteiger partial charge in [0.25, 0.3) is 5.91 Å². The van der Waals surface area contributed by atoms with E-state index in [0.29, 0.717) is 44.4 Å². The molecule has 1 aromatic rings. The molecule has 4 N–H and O–H groups in total. The molecule has 1 aromatic carbocycles. The van der Waals surface area contributed by atoms with Gasteiger partial charge in [0.15, 0.2) is 0 Å². The van der Waals surface area contributed by atoms with E-state index in [1.165, 1.54) is 32.1 Å². The first-order chi connectivity index (χ1) is 18.0.